The number of hydrogen-bond acceptors (Lipinski definition) is 6. The number of nitrogens with zero attached hydrogens (tertiary/aromatic N) is 2. The minimum Gasteiger partial charge on any atom is -0.495 e. The summed E-state index contributed by atoms with van der Waals surface area (Å²) in [6.45, 7) is 2.35. The smallest absolute Gasteiger partial charge is 0.264 e. The van der Waals surface area contributed by atoms with Crippen LogP contribution >= 0.6 is 0 Å². The molecule has 202 valence electrons. The highest BCUT2D eigenvalue weighted by molar-refractivity contribution is 7.92. The maximum atomic E-state index is 13.6. The van der Waals surface area contributed by atoms with Crippen LogP contribution in [0.5, 0.6) is 5.75 Å². The summed E-state index contributed by atoms with van der Waals surface area (Å²) >= 11 is 0. The summed E-state index contributed by atoms with van der Waals surface area (Å²) in [5, 5.41) is 2.66. The molecule has 0 aromatic heterocycles. The lowest BCUT2D eigenvalue weighted by atomic mass is 10.1. The number of methoxy groups -OCH3 is 1. The predicted octanol–water partition coefficient (Wildman–Crippen LogP) is 3.88. The van der Waals surface area contributed by atoms with E-state index in [9.17, 15) is 21.6 Å². The first-order chi connectivity index (χ1) is 18.2. The maximum absolute atomic E-state index is 13.6. The van der Waals surface area contributed by atoms with Gasteiger partial charge in [-0.2, -0.15) is 4.31 Å². The lowest BCUT2D eigenvalue weighted by Crippen LogP contribution is -2.38. The van der Waals surface area contributed by atoms with Crippen molar-refractivity contribution in [3.05, 3.63) is 78.4 Å². The van der Waals surface area contributed by atoms with E-state index in [0.717, 1.165) is 29.1 Å². The Hall–Kier alpha value is -3.41. The molecular formula is C27H31N3O6S2. The van der Waals surface area contributed by atoms with Crippen LogP contribution in [-0.4, -0.2) is 53.8 Å². The van der Waals surface area contributed by atoms with Gasteiger partial charge in [0, 0.05) is 13.1 Å². The molecule has 1 heterocycles. The van der Waals surface area contributed by atoms with Crippen molar-refractivity contribution in [1.82, 2.24) is 4.31 Å². The molecule has 0 aliphatic carbocycles. The standard InChI is InChI=1S/C27H31N3O6S2/c1-3-21-11-13-22(14-12-21)30(38(34,35)23-9-5-4-6-10-23)20-27(31)28-25-19-24(15-16-26(25)36-2)37(32,33)29-17-7-8-18-29/h4-6,9-16,19H,3,7-8,17-18,20H2,1-2H3,(H,28,31). The highest BCUT2D eigenvalue weighted by atomic mass is 32.2. The fraction of sp³-hybridized carbons (Fsp3) is 0.296. The second kappa shape index (κ2) is 11.5. The summed E-state index contributed by atoms with van der Waals surface area (Å²) in [6, 6.07) is 19.1. The van der Waals surface area contributed by atoms with E-state index < -0.39 is 32.5 Å². The largest absolute Gasteiger partial charge is 0.495 e. The second-order valence-electron chi connectivity index (χ2n) is 8.87. The van der Waals surface area contributed by atoms with Crippen molar-refractivity contribution in [3.63, 3.8) is 0 Å². The monoisotopic (exact) mass is 557 g/mol. The predicted molar refractivity (Wildman–Crippen MR) is 146 cm³/mol. The Balaban J connectivity index is 1.65. The van der Waals surface area contributed by atoms with Gasteiger partial charge in [-0.3, -0.25) is 9.10 Å². The molecular weight excluding hydrogens is 526 g/mol. The number of amides is 1. The summed E-state index contributed by atoms with van der Waals surface area (Å²) < 4.78 is 61.0. The SMILES string of the molecule is CCc1ccc(N(CC(=O)Nc2cc(S(=O)(=O)N3CCCC3)ccc2OC)S(=O)(=O)c2ccccc2)cc1. The Morgan fingerprint density at radius 3 is 2.18 bits per heavy atom. The third kappa shape index (κ3) is 5.85. The van der Waals surface area contributed by atoms with Crippen LogP contribution in [0, 0.1) is 0 Å². The number of anilines is 2. The van der Waals surface area contributed by atoms with Gasteiger partial charge in [-0.1, -0.05) is 37.3 Å². The molecule has 1 saturated heterocycles. The van der Waals surface area contributed by atoms with Crippen LogP contribution in [-0.2, 0) is 31.3 Å². The van der Waals surface area contributed by atoms with E-state index in [0.29, 0.717) is 18.8 Å². The second-order valence-corrected chi connectivity index (χ2v) is 12.7. The normalized spacial score (nSPS) is 14.3. The van der Waals surface area contributed by atoms with Gasteiger partial charge < -0.3 is 10.1 Å². The highest BCUT2D eigenvalue weighted by Crippen LogP contribution is 2.31. The molecule has 0 radical (unpaired) electrons. The van der Waals surface area contributed by atoms with Crippen LogP contribution in [0.4, 0.5) is 11.4 Å². The zero-order chi connectivity index (χ0) is 27.3. The van der Waals surface area contributed by atoms with E-state index in [1.54, 1.807) is 30.3 Å². The molecule has 1 fully saturated rings. The molecule has 38 heavy (non-hydrogen) atoms. The van der Waals surface area contributed by atoms with Gasteiger partial charge >= 0.3 is 0 Å². The third-order valence-electron chi connectivity index (χ3n) is 6.40. The topological polar surface area (TPSA) is 113 Å². The molecule has 0 bridgehead atoms. The minimum atomic E-state index is -4.08. The lowest BCUT2D eigenvalue weighted by molar-refractivity contribution is -0.114. The zero-order valence-corrected chi connectivity index (χ0v) is 23.0. The van der Waals surface area contributed by atoms with Gasteiger partial charge in [0.2, 0.25) is 15.9 Å². The molecule has 11 heteroatoms. The van der Waals surface area contributed by atoms with Crippen LogP contribution < -0.4 is 14.4 Å². The maximum Gasteiger partial charge on any atom is 0.264 e. The van der Waals surface area contributed by atoms with E-state index in [1.165, 1.54) is 41.7 Å². The van der Waals surface area contributed by atoms with Crippen molar-refractivity contribution < 1.29 is 26.4 Å². The zero-order valence-electron chi connectivity index (χ0n) is 21.3. The Morgan fingerprint density at radius 1 is 0.921 bits per heavy atom. The van der Waals surface area contributed by atoms with Crippen molar-refractivity contribution >= 4 is 37.3 Å². The molecule has 0 spiro atoms. The summed E-state index contributed by atoms with van der Waals surface area (Å²) in [5.74, 6) is -0.401. The Morgan fingerprint density at radius 2 is 1.58 bits per heavy atom. The summed E-state index contributed by atoms with van der Waals surface area (Å²) in [6.07, 6.45) is 2.37. The van der Waals surface area contributed by atoms with Gasteiger partial charge in [0.15, 0.2) is 0 Å². The summed E-state index contributed by atoms with van der Waals surface area (Å²) in [4.78, 5) is 13.3. The molecule has 1 N–H and O–H groups in total. The van der Waals surface area contributed by atoms with E-state index in [2.05, 4.69) is 5.32 Å². The van der Waals surface area contributed by atoms with Gasteiger partial charge in [0.1, 0.15) is 12.3 Å². The van der Waals surface area contributed by atoms with Gasteiger partial charge in [0.05, 0.1) is 28.3 Å². The van der Waals surface area contributed by atoms with E-state index >= 15 is 0 Å². The lowest BCUT2D eigenvalue weighted by Gasteiger charge is -2.24. The summed E-state index contributed by atoms with van der Waals surface area (Å²) in [7, 11) is -6.41. The number of ether oxygens (including phenoxy) is 1. The average Bonchev–Trinajstić information content (AvgIpc) is 3.48. The van der Waals surface area contributed by atoms with Crippen LogP contribution in [0.1, 0.15) is 25.3 Å². The molecule has 0 saturated carbocycles. The van der Waals surface area contributed by atoms with Crippen molar-refractivity contribution in [1.29, 1.82) is 0 Å². The Labute approximate surface area is 224 Å². The number of aryl methyl sites for hydroxylation is 1. The molecule has 1 aliphatic rings. The Bertz CT molecular complexity index is 1490. The van der Waals surface area contributed by atoms with Crippen LogP contribution in [0.2, 0.25) is 0 Å². The van der Waals surface area contributed by atoms with Crippen molar-refractivity contribution in [3.8, 4) is 5.75 Å². The number of carbonyl (C=O) groups excluding carboxylic acids is 1. The minimum absolute atomic E-state index is 0.0272. The van der Waals surface area contributed by atoms with E-state index in [-0.39, 0.29) is 21.2 Å². The van der Waals surface area contributed by atoms with E-state index in [4.69, 9.17) is 4.74 Å². The molecule has 3 aromatic carbocycles. The van der Waals surface area contributed by atoms with Gasteiger partial charge in [-0.05, 0) is 67.3 Å². The van der Waals surface area contributed by atoms with Gasteiger partial charge in [-0.15, -0.1) is 0 Å². The Kier molecular flexibility index (Phi) is 8.39. The van der Waals surface area contributed by atoms with Crippen LogP contribution in [0.15, 0.2) is 82.6 Å². The van der Waals surface area contributed by atoms with Crippen molar-refractivity contribution in [2.45, 2.75) is 36.0 Å². The molecule has 0 atom stereocenters. The van der Waals surface area contributed by atoms with Crippen LogP contribution in [0.25, 0.3) is 0 Å². The van der Waals surface area contributed by atoms with E-state index in [1.807, 2.05) is 19.1 Å². The van der Waals surface area contributed by atoms with Crippen molar-refractivity contribution in [2.75, 3.05) is 36.4 Å². The fourth-order valence-electron chi connectivity index (χ4n) is 4.28. The average molecular weight is 558 g/mol. The number of nitrogens with one attached hydrogen (secondary N) is 1. The molecule has 1 aliphatic heterocycles. The van der Waals surface area contributed by atoms with Crippen LogP contribution in [0.3, 0.4) is 0 Å². The number of rotatable bonds is 10. The molecule has 4 rings (SSSR count). The third-order valence-corrected chi connectivity index (χ3v) is 10.1. The molecule has 3 aromatic rings. The van der Waals surface area contributed by atoms with Gasteiger partial charge in [-0.25, -0.2) is 16.8 Å². The number of benzene rings is 3. The first-order valence-corrected chi connectivity index (χ1v) is 15.2. The molecule has 0 unspecified atom stereocenters. The molecule has 9 nitrogen and oxygen atoms in total. The first kappa shape index (κ1) is 27.6. The number of hydrogen-bond donors (Lipinski definition) is 1. The quantitative estimate of drug-likeness (QED) is 0.405. The fourth-order valence-corrected chi connectivity index (χ4v) is 7.26. The van der Waals surface area contributed by atoms with Gasteiger partial charge in [0.25, 0.3) is 10.0 Å². The number of sulfonamides is 2. The first-order valence-electron chi connectivity index (χ1n) is 12.3. The highest BCUT2D eigenvalue weighted by Gasteiger charge is 2.30. The number of carbonyl (C=O) groups is 1. The van der Waals surface area contributed by atoms with Crippen molar-refractivity contribution in [2.24, 2.45) is 0 Å². The summed E-state index contributed by atoms with van der Waals surface area (Å²) in [5.41, 5.74) is 1.49. The molecule has 1 amide bonds.